The summed E-state index contributed by atoms with van der Waals surface area (Å²) < 4.78 is 0. The van der Waals surface area contributed by atoms with Crippen LogP contribution in [-0.4, -0.2) is 47.6 Å². The van der Waals surface area contributed by atoms with E-state index in [2.05, 4.69) is 47.5 Å². The van der Waals surface area contributed by atoms with Crippen LogP contribution in [0.5, 0.6) is 0 Å². The molecule has 0 fully saturated rings. The van der Waals surface area contributed by atoms with Crippen molar-refractivity contribution in [1.82, 2.24) is 14.9 Å². The van der Waals surface area contributed by atoms with Gasteiger partial charge in [-0.2, -0.15) is 0 Å². The largest absolute Gasteiger partial charge is 0.384 e. The molecular weight excluding hydrogens is 262 g/mol. The molecule has 0 aliphatic rings. The van der Waals surface area contributed by atoms with Gasteiger partial charge in [-0.1, -0.05) is 20.8 Å². The van der Waals surface area contributed by atoms with Crippen molar-refractivity contribution in [2.24, 2.45) is 0 Å². The summed E-state index contributed by atoms with van der Waals surface area (Å²) in [4.78, 5) is 13.7. The van der Waals surface area contributed by atoms with Crippen molar-refractivity contribution in [1.29, 1.82) is 0 Å². The molecule has 0 unspecified atom stereocenters. The van der Waals surface area contributed by atoms with Crippen LogP contribution in [0.25, 0.3) is 0 Å². The molecule has 0 atom stereocenters. The molecule has 0 bridgehead atoms. The second kappa shape index (κ2) is 9.55. The third-order valence-corrected chi connectivity index (χ3v) is 3.75. The Morgan fingerprint density at radius 3 is 2.29 bits per heavy atom. The average Bonchev–Trinajstić information content (AvgIpc) is 2.47. The highest BCUT2D eigenvalue weighted by Gasteiger charge is 2.10. The quantitative estimate of drug-likeness (QED) is 0.718. The maximum Gasteiger partial charge on any atom is 0.134 e. The maximum absolute atomic E-state index is 5.92. The Bertz CT molecular complexity index is 404. The fourth-order valence-electron chi connectivity index (χ4n) is 2.46. The summed E-state index contributed by atoms with van der Waals surface area (Å²) in [5.41, 5.74) is 5.92. The molecule has 5 heteroatoms. The molecule has 0 spiro atoms. The first kappa shape index (κ1) is 17.7. The Morgan fingerprint density at radius 1 is 1.00 bits per heavy atom. The van der Waals surface area contributed by atoms with E-state index in [1.165, 1.54) is 0 Å². The van der Waals surface area contributed by atoms with E-state index in [9.17, 15) is 0 Å². The van der Waals surface area contributed by atoms with Gasteiger partial charge in [0.1, 0.15) is 17.5 Å². The zero-order valence-electron chi connectivity index (χ0n) is 14.1. The van der Waals surface area contributed by atoms with Gasteiger partial charge in [0.25, 0.3) is 0 Å². The normalized spacial score (nSPS) is 11.1. The predicted octanol–water partition coefficient (Wildman–Crippen LogP) is 2.57. The molecule has 0 radical (unpaired) electrons. The average molecular weight is 293 g/mol. The summed E-state index contributed by atoms with van der Waals surface area (Å²) in [7, 11) is 0. The van der Waals surface area contributed by atoms with E-state index in [1.807, 2.05) is 6.07 Å². The summed E-state index contributed by atoms with van der Waals surface area (Å²) in [6.07, 6.45) is 3.06. The van der Waals surface area contributed by atoms with Crippen molar-refractivity contribution < 1.29 is 0 Å². The summed E-state index contributed by atoms with van der Waals surface area (Å²) in [5, 5.41) is 0. The van der Waals surface area contributed by atoms with Crippen LogP contribution in [0.15, 0.2) is 6.07 Å². The molecule has 21 heavy (non-hydrogen) atoms. The Balaban J connectivity index is 2.66. The predicted molar refractivity (Wildman–Crippen MR) is 90.7 cm³/mol. The molecule has 0 aliphatic carbocycles. The molecule has 0 aliphatic heterocycles. The lowest BCUT2D eigenvalue weighted by molar-refractivity contribution is 0.300. The van der Waals surface area contributed by atoms with Gasteiger partial charge in [0.15, 0.2) is 0 Å². The second-order valence-electron chi connectivity index (χ2n) is 5.28. The van der Waals surface area contributed by atoms with E-state index in [4.69, 9.17) is 5.73 Å². The standard InChI is InChI=1S/C16H31N5/c1-5-10-15-18-14(17)13-16(19-15)21(8-4)12-9-11-20(6-2)7-3/h13H,5-12H2,1-4H3,(H2,17,18,19). The molecule has 1 heterocycles. The van der Waals surface area contributed by atoms with Gasteiger partial charge in [-0.05, 0) is 39.4 Å². The Morgan fingerprint density at radius 2 is 1.71 bits per heavy atom. The van der Waals surface area contributed by atoms with Crippen LogP contribution in [0.2, 0.25) is 0 Å². The van der Waals surface area contributed by atoms with Gasteiger partial charge in [0.2, 0.25) is 0 Å². The van der Waals surface area contributed by atoms with Gasteiger partial charge in [-0.3, -0.25) is 0 Å². The SMILES string of the molecule is CCCc1nc(N)cc(N(CC)CCCN(CC)CC)n1. The van der Waals surface area contributed by atoms with Crippen LogP contribution in [0.4, 0.5) is 11.6 Å². The highest BCUT2D eigenvalue weighted by Crippen LogP contribution is 2.15. The first-order chi connectivity index (χ1) is 10.1. The van der Waals surface area contributed by atoms with E-state index < -0.39 is 0 Å². The van der Waals surface area contributed by atoms with Crippen molar-refractivity contribution in [3.8, 4) is 0 Å². The number of anilines is 2. The molecule has 1 aromatic rings. The van der Waals surface area contributed by atoms with Crippen molar-refractivity contribution in [3.63, 3.8) is 0 Å². The molecule has 5 nitrogen and oxygen atoms in total. The molecule has 1 aromatic heterocycles. The van der Waals surface area contributed by atoms with Crippen LogP contribution < -0.4 is 10.6 Å². The fraction of sp³-hybridized carbons (Fsp3) is 0.750. The van der Waals surface area contributed by atoms with Gasteiger partial charge in [0.05, 0.1) is 0 Å². The minimum absolute atomic E-state index is 0.575. The third kappa shape index (κ3) is 5.87. The number of aromatic nitrogens is 2. The minimum Gasteiger partial charge on any atom is -0.384 e. The summed E-state index contributed by atoms with van der Waals surface area (Å²) in [6.45, 7) is 14.0. The molecule has 1 rings (SSSR count). The zero-order valence-corrected chi connectivity index (χ0v) is 14.1. The van der Waals surface area contributed by atoms with E-state index in [1.54, 1.807) is 0 Å². The smallest absolute Gasteiger partial charge is 0.134 e. The van der Waals surface area contributed by atoms with Gasteiger partial charge >= 0.3 is 0 Å². The van der Waals surface area contributed by atoms with Gasteiger partial charge in [-0.15, -0.1) is 0 Å². The number of rotatable bonds is 10. The molecular formula is C16H31N5. The summed E-state index contributed by atoms with van der Waals surface area (Å²) >= 11 is 0. The third-order valence-electron chi connectivity index (χ3n) is 3.75. The highest BCUT2D eigenvalue weighted by molar-refractivity contribution is 5.46. The number of hydrogen-bond donors (Lipinski definition) is 1. The number of aryl methyl sites for hydroxylation is 1. The number of nitrogens with zero attached hydrogens (tertiary/aromatic N) is 4. The number of hydrogen-bond acceptors (Lipinski definition) is 5. The second-order valence-corrected chi connectivity index (χ2v) is 5.28. The molecule has 0 saturated carbocycles. The Hall–Kier alpha value is -1.36. The van der Waals surface area contributed by atoms with Gasteiger partial charge < -0.3 is 15.5 Å². The molecule has 0 saturated heterocycles. The lowest BCUT2D eigenvalue weighted by atomic mass is 10.3. The van der Waals surface area contributed by atoms with E-state index in [-0.39, 0.29) is 0 Å². The topological polar surface area (TPSA) is 58.3 Å². The minimum atomic E-state index is 0.575. The highest BCUT2D eigenvalue weighted by atomic mass is 15.2. The monoisotopic (exact) mass is 293 g/mol. The number of nitrogens with two attached hydrogens (primary N) is 1. The van der Waals surface area contributed by atoms with Crippen molar-refractivity contribution >= 4 is 11.6 Å². The van der Waals surface area contributed by atoms with Crippen LogP contribution in [-0.2, 0) is 6.42 Å². The molecule has 120 valence electrons. The fourth-order valence-corrected chi connectivity index (χ4v) is 2.46. The zero-order chi connectivity index (χ0) is 15.7. The first-order valence-corrected chi connectivity index (χ1v) is 8.25. The lowest BCUT2D eigenvalue weighted by Gasteiger charge is -2.24. The van der Waals surface area contributed by atoms with E-state index in [0.717, 1.165) is 63.6 Å². The van der Waals surface area contributed by atoms with Crippen LogP contribution in [0.1, 0.15) is 46.4 Å². The molecule has 0 amide bonds. The van der Waals surface area contributed by atoms with Gasteiger partial charge in [0, 0.05) is 25.6 Å². The van der Waals surface area contributed by atoms with E-state index >= 15 is 0 Å². The van der Waals surface area contributed by atoms with Crippen molar-refractivity contribution in [2.75, 3.05) is 43.4 Å². The van der Waals surface area contributed by atoms with Crippen molar-refractivity contribution in [3.05, 3.63) is 11.9 Å². The van der Waals surface area contributed by atoms with Crippen LogP contribution in [0, 0.1) is 0 Å². The van der Waals surface area contributed by atoms with Crippen LogP contribution in [0.3, 0.4) is 0 Å². The Labute approximate surface area is 129 Å². The van der Waals surface area contributed by atoms with Crippen molar-refractivity contribution in [2.45, 2.75) is 47.0 Å². The lowest BCUT2D eigenvalue weighted by Crippen LogP contribution is -2.30. The van der Waals surface area contributed by atoms with E-state index in [0.29, 0.717) is 5.82 Å². The first-order valence-electron chi connectivity index (χ1n) is 8.25. The summed E-state index contributed by atoms with van der Waals surface area (Å²) in [5.74, 6) is 2.40. The molecule has 2 N–H and O–H groups in total. The van der Waals surface area contributed by atoms with Crippen LogP contribution >= 0.6 is 0 Å². The summed E-state index contributed by atoms with van der Waals surface area (Å²) in [6, 6.07) is 1.89. The van der Waals surface area contributed by atoms with Gasteiger partial charge in [-0.25, -0.2) is 9.97 Å². The molecule has 0 aromatic carbocycles. The number of nitrogen functional groups attached to an aromatic ring is 1. The maximum atomic E-state index is 5.92. The Kier molecular flexibility index (Phi) is 8.05.